The smallest absolute Gasteiger partial charge is 0.267 e. The molecule has 2 heterocycles. The Morgan fingerprint density at radius 2 is 1.96 bits per heavy atom. The summed E-state index contributed by atoms with van der Waals surface area (Å²) in [6.45, 7) is 1.66. The van der Waals surface area contributed by atoms with E-state index in [1.54, 1.807) is 6.92 Å². The summed E-state index contributed by atoms with van der Waals surface area (Å²) in [5.41, 5.74) is 0.0678. The fourth-order valence-electron chi connectivity index (χ4n) is 1.91. The molecule has 8 heteroatoms. The molecule has 0 saturated carbocycles. The third-order valence-corrected chi connectivity index (χ3v) is 5.21. The second-order valence-corrected chi connectivity index (χ2v) is 6.53. The molecule has 1 amide bonds. The number of benzene rings is 1. The summed E-state index contributed by atoms with van der Waals surface area (Å²) < 4.78 is 39.7. The molecule has 0 saturated heterocycles. The van der Waals surface area contributed by atoms with Crippen LogP contribution >= 0.6 is 22.7 Å². The number of halogens is 3. The summed E-state index contributed by atoms with van der Waals surface area (Å²) in [6, 6.07) is 5.47. The number of thiophene rings is 1. The number of aryl methyl sites for hydroxylation is 1. The molecule has 3 nitrogen and oxygen atoms in total. The molecule has 3 aromatic rings. The van der Waals surface area contributed by atoms with E-state index in [0.717, 1.165) is 28.3 Å². The molecule has 0 spiro atoms. The van der Waals surface area contributed by atoms with Crippen LogP contribution in [0.25, 0.3) is 9.88 Å². The predicted octanol–water partition coefficient (Wildman–Crippen LogP) is 4.85. The van der Waals surface area contributed by atoms with Gasteiger partial charge in [0.25, 0.3) is 5.91 Å². The first-order chi connectivity index (χ1) is 11.0. The van der Waals surface area contributed by atoms with Crippen LogP contribution in [0.4, 0.5) is 18.9 Å². The maximum absolute atomic E-state index is 13.6. The molecular weight excluding hydrogens is 345 g/mol. The first kappa shape index (κ1) is 15.7. The Balaban J connectivity index is 1.88. The van der Waals surface area contributed by atoms with Crippen molar-refractivity contribution in [1.29, 1.82) is 0 Å². The summed E-state index contributed by atoms with van der Waals surface area (Å²) in [4.78, 5) is 17.8. The molecule has 0 bridgehead atoms. The Kier molecular flexibility index (Phi) is 4.18. The highest BCUT2D eigenvalue weighted by atomic mass is 32.1. The van der Waals surface area contributed by atoms with Gasteiger partial charge < -0.3 is 5.32 Å². The third-order valence-electron chi connectivity index (χ3n) is 3.02. The molecule has 0 aliphatic carbocycles. The Hall–Kier alpha value is -2.19. The van der Waals surface area contributed by atoms with E-state index in [2.05, 4.69) is 10.3 Å². The van der Waals surface area contributed by atoms with Crippen LogP contribution in [0.1, 0.15) is 15.4 Å². The minimum Gasteiger partial charge on any atom is -0.319 e. The Morgan fingerprint density at radius 1 is 1.17 bits per heavy atom. The van der Waals surface area contributed by atoms with E-state index in [-0.39, 0.29) is 4.88 Å². The molecule has 2 aromatic heterocycles. The number of thiazole rings is 1. The molecule has 23 heavy (non-hydrogen) atoms. The van der Waals surface area contributed by atoms with Gasteiger partial charge in [0.15, 0.2) is 17.5 Å². The number of amides is 1. The number of carbonyl (C=O) groups excluding carboxylic acids is 1. The number of aromatic nitrogens is 1. The van der Waals surface area contributed by atoms with Gasteiger partial charge in [0, 0.05) is 0 Å². The van der Waals surface area contributed by atoms with Crippen LogP contribution in [0.2, 0.25) is 0 Å². The molecule has 1 N–H and O–H groups in total. The fourth-order valence-corrected chi connectivity index (χ4v) is 3.67. The number of nitrogens with one attached hydrogen (secondary N) is 1. The van der Waals surface area contributed by atoms with E-state index in [0.29, 0.717) is 10.7 Å². The van der Waals surface area contributed by atoms with Gasteiger partial charge in [0.1, 0.15) is 9.88 Å². The summed E-state index contributed by atoms with van der Waals surface area (Å²) >= 11 is 2.64. The predicted molar refractivity (Wildman–Crippen MR) is 84.4 cm³/mol. The molecule has 0 fully saturated rings. The lowest BCUT2D eigenvalue weighted by molar-refractivity contribution is 0.102. The number of nitrogens with zero attached hydrogens (tertiary/aromatic N) is 1. The highest BCUT2D eigenvalue weighted by Gasteiger charge is 2.20. The lowest BCUT2D eigenvalue weighted by Gasteiger charge is -2.06. The van der Waals surface area contributed by atoms with Gasteiger partial charge in [-0.25, -0.2) is 18.2 Å². The molecule has 0 aliphatic rings. The number of hydrogen-bond donors (Lipinski definition) is 1. The van der Waals surface area contributed by atoms with Crippen molar-refractivity contribution in [3.05, 3.63) is 57.7 Å². The average Bonchev–Trinajstić information content (AvgIpc) is 3.17. The van der Waals surface area contributed by atoms with Gasteiger partial charge in [-0.05, 0) is 30.5 Å². The SMILES string of the molecule is Cc1nc(-c2cccs2)sc1C(=O)Nc1ccc(F)c(F)c1F. The maximum atomic E-state index is 13.6. The summed E-state index contributed by atoms with van der Waals surface area (Å²) in [7, 11) is 0. The minimum atomic E-state index is -1.62. The van der Waals surface area contributed by atoms with Crippen molar-refractivity contribution < 1.29 is 18.0 Å². The van der Waals surface area contributed by atoms with Gasteiger partial charge in [0.05, 0.1) is 16.3 Å². The number of rotatable bonds is 3. The number of hydrogen-bond acceptors (Lipinski definition) is 4. The van der Waals surface area contributed by atoms with E-state index >= 15 is 0 Å². The van der Waals surface area contributed by atoms with Crippen LogP contribution in [0.3, 0.4) is 0 Å². The summed E-state index contributed by atoms with van der Waals surface area (Å²) in [6.07, 6.45) is 0. The van der Waals surface area contributed by atoms with E-state index in [9.17, 15) is 18.0 Å². The molecular formula is C15H9F3N2OS2. The molecule has 0 atom stereocenters. The maximum Gasteiger partial charge on any atom is 0.267 e. The average molecular weight is 354 g/mol. The summed E-state index contributed by atoms with van der Waals surface area (Å²) in [5.74, 6) is -4.98. The molecule has 0 unspecified atom stereocenters. The molecule has 3 rings (SSSR count). The zero-order chi connectivity index (χ0) is 16.6. The quantitative estimate of drug-likeness (QED) is 0.683. The second-order valence-electron chi connectivity index (χ2n) is 4.59. The van der Waals surface area contributed by atoms with Crippen LogP contribution in [0.15, 0.2) is 29.6 Å². The Bertz CT molecular complexity index is 875. The first-order valence-corrected chi connectivity index (χ1v) is 8.13. The standard InChI is InChI=1S/C15H9F3N2OS2/c1-7-13(23-15(19-7)10-3-2-6-22-10)14(21)20-9-5-4-8(16)11(17)12(9)18/h2-6H,1H3,(H,20,21). The van der Waals surface area contributed by atoms with Gasteiger partial charge in [-0.15, -0.1) is 22.7 Å². The topological polar surface area (TPSA) is 42.0 Å². The monoisotopic (exact) mass is 354 g/mol. The molecule has 1 aromatic carbocycles. The summed E-state index contributed by atoms with van der Waals surface area (Å²) in [5, 5.41) is 4.81. The van der Waals surface area contributed by atoms with Crippen molar-refractivity contribution in [1.82, 2.24) is 4.98 Å². The van der Waals surface area contributed by atoms with Crippen LogP contribution in [-0.2, 0) is 0 Å². The lowest BCUT2D eigenvalue weighted by Crippen LogP contribution is -2.13. The lowest BCUT2D eigenvalue weighted by atomic mass is 10.2. The van der Waals surface area contributed by atoms with Crippen molar-refractivity contribution in [3.63, 3.8) is 0 Å². The first-order valence-electron chi connectivity index (χ1n) is 6.43. The zero-order valence-corrected chi connectivity index (χ0v) is 13.3. The largest absolute Gasteiger partial charge is 0.319 e. The van der Waals surface area contributed by atoms with Crippen LogP contribution in [0, 0.1) is 24.4 Å². The van der Waals surface area contributed by atoms with E-state index in [1.807, 2.05) is 17.5 Å². The number of anilines is 1. The van der Waals surface area contributed by atoms with Crippen LogP contribution < -0.4 is 5.32 Å². The van der Waals surface area contributed by atoms with E-state index < -0.39 is 29.0 Å². The third kappa shape index (κ3) is 2.99. The van der Waals surface area contributed by atoms with E-state index in [1.165, 1.54) is 11.3 Å². The van der Waals surface area contributed by atoms with Gasteiger partial charge in [-0.2, -0.15) is 0 Å². The van der Waals surface area contributed by atoms with Crippen molar-refractivity contribution in [2.24, 2.45) is 0 Å². The second kappa shape index (κ2) is 6.13. The Labute approximate surface area is 137 Å². The van der Waals surface area contributed by atoms with E-state index in [4.69, 9.17) is 0 Å². The van der Waals surface area contributed by atoms with Crippen molar-refractivity contribution in [2.75, 3.05) is 5.32 Å². The van der Waals surface area contributed by atoms with Gasteiger partial charge in [-0.3, -0.25) is 4.79 Å². The van der Waals surface area contributed by atoms with Crippen molar-refractivity contribution >= 4 is 34.3 Å². The fraction of sp³-hybridized carbons (Fsp3) is 0.0667. The van der Waals surface area contributed by atoms with Gasteiger partial charge in [0.2, 0.25) is 0 Å². The molecule has 0 radical (unpaired) electrons. The Morgan fingerprint density at radius 3 is 2.65 bits per heavy atom. The normalized spacial score (nSPS) is 10.8. The van der Waals surface area contributed by atoms with Crippen molar-refractivity contribution in [3.8, 4) is 9.88 Å². The molecule has 118 valence electrons. The number of carbonyl (C=O) groups is 1. The van der Waals surface area contributed by atoms with Gasteiger partial charge >= 0.3 is 0 Å². The zero-order valence-electron chi connectivity index (χ0n) is 11.7. The van der Waals surface area contributed by atoms with Crippen LogP contribution in [0.5, 0.6) is 0 Å². The van der Waals surface area contributed by atoms with Crippen molar-refractivity contribution in [2.45, 2.75) is 6.92 Å². The highest BCUT2D eigenvalue weighted by molar-refractivity contribution is 7.22. The highest BCUT2D eigenvalue weighted by Crippen LogP contribution is 2.31. The minimum absolute atomic E-state index is 0.289. The van der Waals surface area contributed by atoms with Crippen LogP contribution in [-0.4, -0.2) is 10.9 Å². The molecule has 0 aliphatic heterocycles. The van der Waals surface area contributed by atoms with Gasteiger partial charge in [-0.1, -0.05) is 6.07 Å².